The molecule has 1 aromatic carbocycles. The first-order valence-corrected chi connectivity index (χ1v) is 11.0. The van der Waals surface area contributed by atoms with Gasteiger partial charge in [-0.05, 0) is 37.8 Å². The molecule has 2 aliphatic rings. The van der Waals surface area contributed by atoms with Crippen LogP contribution in [0.5, 0.6) is 0 Å². The minimum atomic E-state index is -4.66. The highest BCUT2D eigenvalue weighted by Gasteiger charge is 2.35. The summed E-state index contributed by atoms with van der Waals surface area (Å²) >= 11 is 0. The van der Waals surface area contributed by atoms with Crippen molar-refractivity contribution in [3.8, 4) is 0 Å². The molecule has 4 rings (SSSR count). The topological polar surface area (TPSA) is 106 Å². The Morgan fingerprint density at radius 2 is 1.91 bits per heavy atom. The summed E-state index contributed by atoms with van der Waals surface area (Å²) in [4.78, 5) is 24.9. The zero-order valence-corrected chi connectivity index (χ0v) is 18.0. The minimum absolute atomic E-state index is 0.123. The van der Waals surface area contributed by atoms with Crippen LogP contribution in [0.4, 0.5) is 24.5 Å². The van der Waals surface area contributed by atoms with E-state index < -0.39 is 22.4 Å². The van der Waals surface area contributed by atoms with E-state index in [1.807, 2.05) is 0 Å². The fourth-order valence-electron chi connectivity index (χ4n) is 4.48. The first-order valence-electron chi connectivity index (χ1n) is 11.0. The van der Waals surface area contributed by atoms with Crippen molar-refractivity contribution in [1.29, 1.82) is 0 Å². The highest BCUT2D eigenvalue weighted by Crippen LogP contribution is 2.37. The molecule has 0 radical (unpaired) electrons. The SMILES string of the molecule is O=C(NCc1nnc2n1CCCCC2)C1CCN(c2ccc(C(F)(F)F)cc2[N+](=O)[O-])CC1. The van der Waals surface area contributed by atoms with E-state index in [-0.39, 0.29) is 24.1 Å². The maximum atomic E-state index is 12.9. The van der Waals surface area contributed by atoms with Crippen LogP contribution < -0.4 is 10.2 Å². The maximum absolute atomic E-state index is 12.9. The van der Waals surface area contributed by atoms with E-state index in [0.717, 1.165) is 56.0 Å². The first-order chi connectivity index (χ1) is 15.7. The van der Waals surface area contributed by atoms with Crippen LogP contribution in [-0.2, 0) is 30.5 Å². The summed E-state index contributed by atoms with van der Waals surface area (Å²) < 4.78 is 40.9. The highest BCUT2D eigenvalue weighted by molar-refractivity contribution is 5.79. The lowest BCUT2D eigenvalue weighted by Gasteiger charge is -2.32. The largest absolute Gasteiger partial charge is 0.416 e. The molecule has 2 aliphatic heterocycles. The number of carbonyl (C=O) groups is 1. The summed E-state index contributed by atoms with van der Waals surface area (Å²) in [6.45, 7) is 1.81. The van der Waals surface area contributed by atoms with Crippen molar-refractivity contribution in [1.82, 2.24) is 20.1 Å². The van der Waals surface area contributed by atoms with Crippen LogP contribution in [0.3, 0.4) is 0 Å². The molecule has 2 aromatic rings. The third kappa shape index (κ3) is 5.09. The van der Waals surface area contributed by atoms with Gasteiger partial charge >= 0.3 is 6.18 Å². The second-order valence-electron chi connectivity index (χ2n) is 8.43. The smallest absolute Gasteiger partial charge is 0.366 e. The third-order valence-electron chi connectivity index (χ3n) is 6.31. The van der Waals surface area contributed by atoms with Crippen molar-refractivity contribution in [2.24, 2.45) is 5.92 Å². The Kier molecular flexibility index (Phi) is 6.52. The van der Waals surface area contributed by atoms with Crippen molar-refractivity contribution >= 4 is 17.3 Å². The van der Waals surface area contributed by atoms with Crippen LogP contribution >= 0.6 is 0 Å². The number of hydrogen-bond donors (Lipinski definition) is 1. The summed E-state index contributed by atoms with van der Waals surface area (Å²) in [6.07, 6.45) is 0.405. The summed E-state index contributed by atoms with van der Waals surface area (Å²) in [5.74, 6) is 1.28. The lowest BCUT2D eigenvalue weighted by atomic mass is 9.95. The lowest BCUT2D eigenvalue weighted by molar-refractivity contribution is -0.384. The van der Waals surface area contributed by atoms with E-state index in [1.165, 1.54) is 0 Å². The molecular formula is C21H25F3N6O3. The number of nitrogens with one attached hydrogen (secondary N) is 1. The van der Waals surface area contributed by atoms with Crippen LogP contribution in [0.2, 0.25) is 0 Å². The third-order valence-corrected chi connectivity index (χ3v) is 6.31. The minimum Gasteiger partial charge on any atom is -0.366 e. The fraction of sp³-hybridized carbons (Fsp3) is 0.571. The molecule has 1 saturated heterocycles. The summed E-state index contributed by atoms with van der Waals surface area (Å²) in [6, 6.07) is 2.55. The molecule has 0 unspecified atom stereocenters. The molecule has 0 spiro atoms. The number of hydrogen-bond acceptors (Lipinski definition) is 6. The number of amides is 1. The van der Waals surface area contributed by atoms with E-state index in [9.17, 15) is 28.1 Å². The van der Waals surface area contributed by atoms with Crippen molar-refractivity contribution < 1.29 is 22.9 Å². The quantitative estimate of drug-likeness (QED) is 0.534. The summed E-state index contributed by atoms with van der Waals surface area (Å²) in [5.41, 5.74) is -1.50. The first kappa shape index (κ1) is 23.0. The standard InChI is InChI=1S/C21H25F3N6O3/c22-21(23,24)15-5-6-16(17(12-15)30(32)33)28-10-7-14(8-11-28)20(31)25-13-19-27-26-18-4-2-1-3-9-29(18)19/h5-6,12,14H,1-4,7-11,13H2,(H,25,31). The number of aromatic nitrogens is 3. The number of aryl methyl sites for hydroxylation is 1. The molecule has 1 amide bonds. The van der Waals surface area contributed by atoms with Gasteiger partial charge in [0, 0.05) is 38.0 Å². The molecule has 0 saturated carbocycles. The number of nitro groups is 1. The lowest BCUT2D eigenvalue weighted by Crippen LogP contribution is -2.40. The average Bonchev–Trinajstić information content (AvgIpc) is 3.02. The predicted octanol–water partition coefficient (Wildman–Crippen LogP) is 3.46. The van der Waals surface area contributed by atoms with Crippen LogP contribution in [0.25, 0.3) is 0 Å². The number of alkyl halides is 3. The van der Waals surface area contributed by atoms with E-state index in [4.69, 9.17) is 0 Å². The molecule has 1 aromatic heterocycles. The van der Waals surface area contributed by atoms with Crippen molar-refractivity contribution in [2.75, 3.05) is 18.0 Å². The second kappa shape index (κ2) is 9.36. The normalized spacial score (nSPS) is 17.4. The van der Waals surface area contributed by atoms with Crippen LogP contribution in [0.15, 0.2) is 18.2 Å². The van der Waals surface area contributed by atoms with Gasteiger partial charge in [0.15, 0.2) is 5.82 Å². The Bertz CT molecular complexity index is 1030. The Morgan fingerprint density at radius 3 is 2.61 bits per heavy atom. The van der Waals surface area contributed by atoms with E-state index in [0.29, 0.717) is 32.0 Å². The predicted molar refractivity (Wildman–Crippen MR) is 112 cm³/mol. The van der Waals surface area contributed by atoms with Crippen molar-refractivity contribution in [2.45, 2.75) is 57.8 Å². The van der Waals surface area contributed by atoms with Crippen molar-refractivity contribution in [3.05, 3.63) is 45.5 Å². The van der Waals surface area contributed by atoms with E-state index in [2.05, 4.69) is 20.1 Å². The van der Waals surface area contributed by atoms with Gasteiger partial charge in [0.1, 0.15) is 11.5 Å². The Hall–Kier alpha value is -3.18. The number of rotatable bonds is 5. The zero-order chi connectivity index (χ0) is 23.6. The van der Waals surface area contributed by atoms with E-state index >= 15 is 0 Å². The van der Waals surface area contributed by atoms with Gasteiger partial charge in [0.05, 0.1) is 17.0 Å². The zero-order valence-electron chi connectivity index (χ0n) is 18.0. The average molecular weight is 466 g/mol. The van der Waals surface area contributed by atoms with Gasteiger partial charge in [-0.15, -0.1) is 10.2 Å². The molecule has 1 fully saturated rings. The Balaban J connectivity index is 1.36. The van der Waals surface area contributed by atoms with Gasteiger partial charge in [-0.25, -0.2) is 0 Å². The number of nitrogens with zero attached hydrogens (tertiary/aromatic N) is 5. The number of anilines is 1. The van der Waals surface area contributed by atoms with Gasteiger partial charge in [-0.1, -0.05) is 6.42 Å². The molecule has 1 N–H and O–H groups in total. The molecule has 12 heteroatoms. The number of piperidine rings is 1. The fourth-order valence-corrected chi connectivity index (χ4v) is 4.48. The molecular weight excluding hydrogens is 441 g/mol. The molecule has 3 heterocycles. The van der Waals surface area contributed by atoms with Gasteiger partial charge in [-0.3, -0.25) is 14.9 Å². The summed E-state index contributed by atoms with van der Waals surface area (Å²) in [5, 5.41) is 22.7. The number of nitro benzene ring substituents is 1. The van der Waals surface area contributed by atoms with Gasteiger partial charge in [0.25, 0.3) is 5.69 Å². The second-order valence-corrected chi connectivity index (χ2v) is 8.43. The summed E-state index contributed by atoms with van der Waals surface area (Å²) in [7, 11) is 0. The highest BCUT2D eigenvalue weighted by atomic mass is 19.4. The number of carbonyl (C=O) groups excluding carboxylic acids is 1. The van der Waals surface area contributed by atoms with Gasteiger partial charge in [-0.2, -0.15) is 13.2 Å². The van der Waals surface area contributed by atoms with Gasteiger partial charge < -0.3 is 14.8 Å². The number of halogens is 3. The molecule has 0 bridgehead atoms. The molecule has 178 valence electrons. The van der Waals surface area contributed by atoms with Crippen LogP contribution in [0, 0.1) is 16.0 Å². The monoisotopic (exact) mass is 466 g/mol. The molecule has 33 heavy (non-hydrogen) atoms. The number of fused-ring (bicyclic) bond motifs is 1. The van der Waals surface area contributed by atoms with Crippen LogP contribution in [-0.4, -0.2) is 38.7 Å². The van der Waals surface area contributed by atoms with Gasteiger partial charge in [0.2, 0.25) is 5.91 Å². The molecule has 0 aliphatic carbocycles. The number of benzene rings is 1. The van der Waals surface area contributed by atoms with Crippen molar-refractivity contribution in [3.63, 3.8) is 0 Å². The van der Waals surface area contributed by atoms with E-state index in [1.54, 1.807) is 4.90 Å². The molecule has 9 nitrogen and oxygen atoms in total. The Labute approximate surface area is 188 Å². The molecule has 0 atom stereocenters. The maximum Gasteiger partial charge on any atom is 0.416 e. The Morgan fingerprint density at radius 1 is 1.15 bits per heavy atom. The van der Waals surface area contributed by atoms with Crippen LogP contribution in [0.1, 0.15) is 49.3 Å².